The molecule has 1 aliphatic carbocycles. The van der Waals surface area contributed by atoms with Gasteiger partial charge >= 0.3 is 5.97 Å². The number of carboxylic acids is 1. The molecule has 2 N–H and O–H groups in total. The SMILES string of the molecule is Cc1cc(C(=O)NC2C3CCCOC3C2(C)C)cc(C)c1OCC(=O)O. The number of nitrogens with one attached hydrogen (secondary N) is 1. The Morgan fingerprint density at radius 2 is 1.96 bits per heavy atom. The van der Waals surface area contributed by atoms with Gasteiger partial charge in [-0.1, -0.05) is 13.8 Å². The van der Waals surface area contributed by atoms with E-state index in [0.717, 1.165) is 30.6 Å². The molecule has 1 heterocycles. The van der Waals surface area contributed by atoms with Gasteiger partial charge in [0, 0.05) is 29.5 Å². The van der Waals surface area contributed by atoms with Gasteiger partial charge in [0.2, 0.25) is 0 Å². The molecule has 3 rings (SSSR count). The van der Waals surface area contributed by atoms with Crippen LogP contribution in [-0.2, 0) is 9.53 Å². The normalized spacial score (nSPS) is 26.4. The lowest BCUT2D eigenvalue weighted by molar-refractivity contribution is -0.189. The van der Waals surface area contributed by atoms with Crippen molar-refractivity contribution in [3.8, 4) is 5.75 Å². The maximum Gasteiger partial charge on any atom is 0.341 e. The predicted octanol–water partition coefficient (Wildman–Crippen LogP) is 2.70. The van der Waals surface area contributed by atoms with Crippen molar-refractivity contribution in [3.05, 3.63) is 28.8 Å². The summed E-state index contributed by atoms with van der Waals surface area (Å²) in [6.45, 7) is 8.33. The van der Waals surface area contributed by atoms with Gasteiger partial charge in [0.1, 0.15) is 5.75 Å². The lowest BCUT2D eigenvalue weighted by Gasteiger charge is -2.59. The van der Waals surface area contributed by atoms with Crippen LogP contribution in [0.15, 0.2) is 12.1 Å². The fourth-order valence-electron chi connectivity index (χ4n) is 4.48. The van der Waals surface area contributed by atoms with Gasteiger partial charge in [-0.3, -0.25) is 4.79 Å². The van der Waals surface area contributed by atoms with Gasteiger partial charge in [-0.25, -0.2) is 4.79 Å². The molecule has 1 saturated carbocycles. The maximum absolute atomic E-state index is 12.8. The molecule has 0 bridgehead atoms. The Kier molecular flexibility index (Phi) is 4.97. The molecule has 1 aromatic rings. The summed E-state index contributed by atoms with van der Waals surface area (Å²) in [4.78, 5) is 23.5. The molecule has 6 heteroatoms. The number of rotatable bonds is 5. The topological polar surface area (TPSA) is 84.9 Å². The third-order valence-corrected chi connectivity index (χ3v) is 5.68. The van der Waals surface area contributed by atoms with E-state index >= 15 is 0 Å². The van der Waals surface area contributed by atoms with Gasteiger partial charge in [-0.05, 0) is 49.9 Å². The van der Waals surface area contributed by atoms with Crippen molar-refractivity contribution in [1.82, 2.24) is 5.32 Å². The fourth-order valence-corrected chi connectivity index (χ4v) is 4.48. The van der Waals surface area contributed by atoms with Crippen LogP contribution in [0.25, 0.3) is 0 Å². The second kappa shape index (κ2) is 6.91. The minimum Gasteiger partial charge on any atom is -0.481 e. The first kappa shape index (κ1) is 18.7. The first-order valence-corrected chi connectivity index (χ1v) is 9.10. The van der Waals surface area contributed by atoms with E-state index in [-0.39, 0.29) is 23.5 Å². The number of hydrogen-bond donors (Lipinski definition) is 2. The third-order valence-electron chi connectivity index (χ3n) is 5.68. The minimum atomic E-state index is -1.03. The molecule has 0 radical (unpaired) electrons. The highest BCUT2D eigenvalue weighted by molar-refractivity contribution is 5.95. The van der Waals surface area contributed by atoms with E-state index in [4.69, 9.17) is 14.6 Å². The number of carbonyl (C=O) groups is 2. The Balaban J connectivity index is 1.73. The van der Waals surface area contributed by atoms with Crippen molar-refractivity contribution in [2.75, 3.05) is 13.2 Å². The lowest BCUT2D eigenvalue weighted by Crippen LogP contribution is -2.70. The van der Waals surface area contributed by atoms with Gasteiger partial charge < -0.3 is 19.9 Å². The Morgan fingerprint density at radius 1 is 1.31 bits per heavy atom. The van der Waals surface area contributed by atoms with E-state index in [1.165, 1.54) is 0 Å². The molecular weight excluding hydrogens is 334 g/mol. The van der Waals surface area contributed by atoms with Crippen LogP contribution in [0.3, 0.4) is 0 Å². The molecule has 142 valence electrons. The number of aryl methyl sites for hydroxylation is 2. The van der Waals surface area contributed by atoms with Crippen LogP contribution in [0.1, 0.15) is 48.2 Å². The smallest absolute Gasteiger partial charge is 0.341 e. The summed E-state index contributed by atoms with van der Waals surface area (Å²) in [5, 5.41) is 12.0. The fraction of sp³-hybridized carbons (Fsp3) is 0.600. The Labute approximate surface area is 153 Å². The average Bonchev–Trinajstić information content (AvgIpc) is 2.58. The summed E-state index contributed by atoms with van der Waals surface area (Å²) >= 11 is 0. The first-order valence-electron chi connectivity index (χ1n) is 9.10. The minimum absolute atomic E-state index is 0.0740. The van der Waals surface area contributed by atoms with E-state index < -0.39 is 12.6 Å². The molecule has 3 atom stereocenters. The number of amides is 1. The Morgan fingerprint density at radius 3 is 2.58 bits per heavy atom. The highest BCUT2D eigenvalue weighted by atomic mass is 16.5. The number of fused-ring (bicyclic) bond motifs is 1. The Bertz CT molecular complexity index is 704. The van der Waals surface area contributed by atoms with Crippen molar-refractivity contribution < 1.29 is 24.2 Å². The first-order chi connectivity index (χ1) is 12.2. The molecule has 1 amide bonds. The second-order valence-electron chi connectivity index (χ2n) is 7.99. The summed E-state index contributed by atoms with van der Waals surface area (Å²) in [5.74, 6) is -0.234. The molecule has 1 saturated heterocycles. The number of benzene rings is 1. The zero-order valence-corrected chi connectivity index (χ0v) is 15.8. The van der Waals surface area contributed by atoms with Crippen molar-refractivity contribution in [2.45, 2.75) is 52.7 Å². The molecule has 1 aromatic carbocycles. The summed E-state index contributed by atoms with van der Waals surface area (Å²) in [5.41, 5.74) is 2.00. The van der Waals surface area contributed by atoms with Crippen LogP contribution < -0.4 is 10.1 Å². The predicted molar refractivity (Wildman–Crippen MR) is 96.5 cm³/mol. The number of carboxylic acid groups (broad SMARTS) is 1. The molecular formula is C20H27NO5. The summed E-state index contributed by atoms with van der Waals surface area (Å²) in [6, 6.07) is 3.60. The third kappa shape index (κ3) is 3.30. The molecule has 1 aliphatic heterocycles. The highest BCUT2D eigenvalue weighted by Gasteiger charge is 2.58. The van der Waals surface area contributed by atoms with Gasteiger partial charge in [-0.2, -0.15) is 0 Å². The van der Waals surface area contributed by atoms with Crippen LogP contribution >= 0.6 is 0 Å². The molecule has 6 nitrogen and oxygen atoms in total. The molecule has 2 aliphatic rings. The monoisotopic (exact) mass is 361 g/mol. The summed E-state index contributed by atoms with van der Waals surface area (Å²) < 4.78 is 11.2. The molecule has 2 fully saturated rings. The zero-order valence-electron chi connectivity index (χ0n) is 15.8. The van der Waals surface area contributed by atoms with Crippen LogP contribution in [0, 0.1) is 25.2 Å². The number of carbonyl (C=O) groups excluding carboxylic acids is 1. The molecule has 0 aromatic heterocycles. The van der Waals surface area contributed by atoms with Crippen LogP contribution in [-0.4, -0.2) is 42.3 Å². The van der Waals surface area contributed by atoms with Gasteiger partial charge in [0.15, 0.2) is 6.61 Å². The van der Waals surface area contributed by atoms with E-state index in [9.17, 15) is 9.59 Å². The lowest BCUT2D eigenvalue weighted by atomic mass is 9.55. The van der Waals surface area contributed by atoms with Gasteiger partial charge in [-0.15, -0.1) is 0 Å². The Hall–Kier alpha value is -2.08. The maximum atomic E-state index is 12.8. The van der Waals surface area contributed by atoms with Gasteiger partial charge in [0.25, 0.3) is 5.91 Å². The van der Waals surface area contributed by atoms with Crippen molar-refractivity contribution in [3.63, 3.8) is 0 Å². The zero-order chi connectivity index (χ0) is 19.1. The van der Waals surface area contributed by atoms with E-state index in [0.29, 0.717) is 17.2 Å². The molecule has 26 heavy (non-hydrogen) atoms. The van der Waals surface area contributed by atoms with E-state index in [1.807, 2.05) is 13.8 Å². The number of ether oxygens (including phenoxy) is 2. The quantitative estimate of drug-likeness (QED) is 0.842. The average molecular weight is 361 g/mol. The summed E-state index contributed by atoms with van der Waals surface area (Å²) in [6.07, 6.45) is 2.34. The standard InChI is InChI=1S/C20H27NO5/c1-11-8-13(9-12(2)16(11)26-10-15(22)23)19(24)21-17-14-6-5-7-25-18(14)20(17,3)4/h8-9,14,17-18H,5-7,10H2,1-4H3,(H,21,24)(H,22,23). The van der Waals surface area contributed by atoms with Crippen molar-refractivity contribution in [2.24, 2.45) is 11.3 Å². The van der Waals surface area contributed by atoms with Gasteiger partial charge in [0.05, 0.1) is 6.10 Å². The number of hydrogen-bond acceptors (Lipinski definition) is 4. The summed E-state index contributed by atoms with van der Waals surface area (Å²) in [7, 11) is 0. The molecule has 0 spiro atoms. The van der Waals surface area contributed by atoms with Crippen LogP contribution in [0.4, 0.5) is 0 Å². The van der Waals surface area contributed by atoms with E-state index in [1.54, 1.807) is 12.1 Å². The van der Waals surface area contributed by atoms with Crippen molar-refractivity contribution >= 4 is 11.9 Å². The van der Waals surface area contributed by atoms with Crippen LogP contribution in [0.2, 0.25) is 0 Å². The molecule has 3 unspecified atom stereocenters. The highest BCUT2D eigenvalue weighted by Crippen LogP contribution is 2.51. The largest absolute Gasteiger partial charge is 0.481 e. The van der Waals surface area contributed by atoms with E-state index in [2.05, 4.69) is 19.2 Å². The second-order valence-corrected chi connectivity index (χ2v) is 7.99. The number of aliphatic carboxylic acids is 1. The van der Waals surface area contributed by atoms with Crippen molar-refractivity contribution in [1.29, 1.82) is 0 Å². The van der Waals surface area contributed by atoms with Crippen LogP contribution in [0.5, 0.6) is 5.75 Å².